The Balaban J connectivity index is 1.36. The second kappa shape index (κ2) is 7.55. The SMILES string of the molecule is O=C(NC[C@H]1CCCN(C(=O)C2(c3ccccc3)CC2)C1)c1ccccc1. The minimum atomic E-state index is -0.295. The van der Waals surface area contributed by atoms with Gasteiger partial charge >= 0.3 is 0 Å². The first kappa shape index (κ1) is 17.8. The summed E-state index contributed by atoms with van der Waals surface area (Å²) in [5, 5.41) is 3.04. The molecule has 0 aromatic heterocycles. The largest absolute Gasteiger partial charge is 0.352 e. The first-order chi connectivity index (χ1) is 13.2. The van der Waals surface area contributed by atoms with Crippen LogP contribution in [0.4, 0.5) is 0 Å². The number of hydrogen-bond acceptors (Lipinski definition) is 2. The van der Waals surface area contributed by atoms with E-state index in [0.717, 1.165) is 44.3 Å². The molecule has 2 aromatic carbocycles. The predicted molar refractivity (Wildman–Crippen MR) is 105 cm³/mol. The highest BCUT2D eigenvalue weighted by atomic mass is 16.2. The van der Waals surface area contributed by atoms with Crippen LogP contribution in [0.15, 0.2) is 60.7 Å². The Morgan fingerprint density at radius 2 is 1.67 bits per heavy atom. The van der Waals surface area contributed by atoms with Crippen molar-refractivity contribution in [1.29, 1.82) is 0 Å². The third kappa shape index (κ3) is 3.75. The summed E-state index contributed by atoms with van der Waals surface area (Å²) in [6, 6.07) is 19.5. The summed E-state index contributed by atoms with van der Waals surface area (Å²) in [5.41, 5.74) is 1.54. The fraction of sp³-hybridized carbons (Fsp3) is 0.391. The Labute approximate surface area is 160 Å². The average Bonchev–Trinajstić information content (AvgIpc) is 3.55. The Morgan fingerprint density at radius 1 is 1.00 bits per heavy atom. The summed E-state index contributed by atoms with van der Waals surface area (Å²) >= 11 is 0. The number of carbonyl (C=O) groups excluding carboxylic acids is 2. The molecule has 1 saturated carbocycles. The highest BCUT2D eigenvalue weighted by Gasteiger charge is 2.53. The van der Waals surface area contributed by atoms with Crippen molar-refractivity contribution in [3.63, 3.8) is 0 Å². The van der Waals surface area contributed by atoms with E-state index >= 15 is 0 Å². The van der Waals surface area contributed by atoms with Crippen LogP contribution in [0, 0.1) is 5.92 Å². The molecule has 1 atom stereocenters. The molecule has 4 nitrogen and oxygen atoms in total. The molecule has 1 aliphatic heterocycles. The van der Waals surface area contributed by atoms with E-state index in [1.165, 1.54) is 0 Å². The van der Waals surface area contributed by atoms with E-state index in [0.29, 0.717) is 18.0 Å². The van der Waals surface area contributed by atoms with Crippen molar-refractivity contribution in [3.8, 4) is 0 Å². The fourth-order valence-electron chi connectivity index (χ4n) is 4.16. The van der Waals surface area contributed by atoms with Gasteiger partial charge in [0.25, 0.3) is 5.91 Å². The van der Waals surface area contributed by atoms with Crippen LogP contribution in [-0.2, 0) is 10.2 Å². The first-order valence-corrected chi connectivity index (χ1v) is 9.87. The van der Waals surface area contributed by atoms with Gasteiger partial charge in [0.1, 0.15) is 0 Å². The lowest BCUT2D eigenvalue weighted by Crippen LogP contribution is -2.47. The zero-order chi connectivity index (χ0) is 18.7. The summed E-state index contributed by atoms with van der Waals surface area (Å²) in [4.78, 5) is 27.5. The first-order valence-electron chi connectivity index (χ1n) is 9.87. The van der Waals surface area contributed by atoms with Gasteiger partial charge in [-0.1, -0.05) is 48.5 Å². The maximum atomic E-state index is 13.2. The molecule has 2 fully saturated rings. The quantitative estimate of drug-likeness (QED) is 0.886. The number of likely N-dealkylation sites (tertiary alicyclic amines) is 1. The van der Waals surface area contributed by atoms with E-state index < -0.39 is 0 Å². The molecule has 1 heterocycles. The number of nitrogens with one attached hydrogen (secondary N) is 1. The third-order valence-corrected chi connectivity index (χ3v) is 5.88. The Bertz CT molecular complexity index is 800. The lowest BCUT2D eigenvalue weighted by molar-refractivity contribution is -0.135. The summed E-state index contributed by atoms with van der Waals surface area (Å²) in [7, 11) is 0. The highest BCUT2D eigenvalue weighted by Crippen LogP contribution is 2.49. The van der Waals surface area contributed by atoms with E-state index in [9.17, 15) is 9.59 Å². The number of carbonyl (C=O) groups is 2. The highest BCUT2D eigenvalue weighted by molar-refractivity contribution is 5.94. The van der Waals surface area contributed by atoms with Gasteiger partial charge < -0.3 is 10.2 Å². The molecule has 0 unspecified atom stereocenters. The van der Waals surface area contributed by atoms with Crippen molar-refractivity contribution < 1.29 is 9.59 Å². The van der Waals surface area contributed by atoms with Gasteiger partial charge in [0, 0.05) is 25.2 Å². The van der Waals surface area contributed by atoms with Gasteiger partial charge in [0.05, 0.1) is 5.41 Å². The molecule has 0 radical (unpaired) electrons. The van der Waals surface area contributed by atoms with Gasteiger partial charge in [-0.05, 0) is 49.3 Å². The van der Waals surface area contributed by atoms with Gasteiger partial charge in [-0.3, -0.25) is 9.59 Å². The minimum absolute atomic E-state index is 0.0398. The van der Waals surface area contributed by atoms with Gasteiger partial charge in [0.15, 0.2) is 0 Å². The van der Waals surface area contributed by atoms with Crippen molar-refractivity contribution in [1.82, 2.24) is 10.2 Å². The lowest BCUT2D eigenvalue weighted by atomic mass is 9.91. The van der Waals surface area contributed by atoms with Crippen LogP contribution in [0.1, 0.15) is 41.6 Å². The summed E-state index contributed by atoms with van der Waals surface area (Å²) in [6.07, 6.45) is 3.95. The minimum Gasteiger partial charge on any atom is -0.352 e. The Morgan fingerprint density at radius 3 is 2.33 bits per heavy atom. The van der Waals surface area contributed by atoms with Crippen LogP contribution in [0.2, 0.25) is 0 Å². The number of nitrogens with zero attached hydrogens (tertiary/aromatic N) is 1. The Kier molecular flexibility index (Phi) is 4.97. The molecule has 0 bridgehead atoms. The second-order valence-corrected chi connectivity index (χ2v) is 7.78. The maximum Gasteiger partial charge on any atom is 0.251 e. The second-order valence-electron chi connectivity index (χ2n) is 7.78. The summed E-state index contributed by atoms with van der Waals surface area (Å²) in [6.45, 7) is 2.19. The van der Waals surface area contributed by atoms with Crippen LogP contribution in [-0.4, -0.2) is 36.3 Å². The third-order valence-electron chi connectivity index (χ3n) is 5.88. The van der Waals surface area contributed by atoms with Crippen molar-refractivity contribution in [2.24, 2.45) is 5.92 Å². The molecule has 1 saturated heterocycles. The van der Waals surface area contributed by atoms with Crippen molar-refractivity contribution >= 4 is 11.8 Å². The number of hydrogen-bond donors (Lipinski definition) is 1. The molecule has 2 aliphatic rings. The van der Waals surface area contributed by atoms with Crippen molar-refractivity contribution in [2.75, 3.05) is 19.6 Å². The van der Waals surface area contributed by atoms with E-state index in [1.54, 1.807) is 0 Å². The van der Waals surface area contributed by atoms with Gasteiger partial charge in [-0.25, -0.2) is 0 Å². The molecule has 1 N–H and O–H groups in total. The molecule has 27 heavy (non-hydrogen) atoms. The number of amides is 2. The van der Waals surface area contributed by atoms with Crippen LogP contribution in [0.5, 0.6) is 0 Å². The van der Waals surface area contributed by atoms with E-state index in [1.807, 2.05) is 53.4 Å². The summed E-state index contributed by atoms with van der Waals surface area (Å²) < 4.78 is 0. The van der Waals surface area contributed by atoms with Crippen LogP contribution in [0.3, 0.4) is 0 Å². The van der Waals surface area contributed by atoms with Gasteiger partial charge in [0.2, 0.25) is 5.91 Å². The van der Waals surface area contributed by atoms with E-state index in [2.05, 4.69) is 17.4 Å². The molecule has 2 amide bonds. The molecule has 0 spiro atoms. The van der Waals surface area contributed by atoms with Crippen molar-refractivity contribution in [3.05, 3.63) is 71.8 Å². The standard InChI is InChI=1S/C23H26N2O2/c26-21(19-9-3-1-4-10-19)24-16-18-8-7-15-25(17-18)22(27)23(13-14-23)20-11-5-2-6-12-20/h1-6,9-12,18H,7-8,13-17H2,(H,24,26)/t18-/m1/s1. The van der Waals surface area contributed by atoms with Crippen molar-refractivity contribution in [2.45, 2.75) is 31.1 Å². The zero-order valence-corrected chi connectivity index (χ0v) is 15.6. The molecule has 140 valence electrons. The van der Waals surface area contributed by atoms with Crippen LogP contribution in [0.25, 0.3) is 0 Å². The average molecular weight is 362 g/mol. The predicted octanol–water partition coefficient (Wildman–Crippen LogP) is 3.39. The molecule has 4 rings (SSSR count). The normalized spacial score (nSPS) is 20.7. The fourth-order valence-corrected chi connectivity index (χ4v) is 4.16. The van der Waals surface area contributed by atoms with Gasteiger partial charge in [-0.15, -0.1) is 0 Å². The molecular weight excluding hydrogens is 336 g/mol. The van der Waals surface area contributed by atoms with Crippen LogP contribution < -0.4 is 5.32 Å². The molecule has 1 aliphatic carbocycles. The number of piperidine rings is 1. The number of benzene rings is 2. The molecule has 2 aromatic rings. The zero-order valence-electron chi connectivity index (χ0n) is 15.6. The maximum absolute atomic E-state index is 13.2. The monoisotopic (exact) mass is 362 g/mol. The van der Waals surface area contributed by atoms with E-state index in [4.69, 9.17) is 0 Å². The number of rotatable bonds is 5. The lowest BCUT2D eigenvalue weighted by Gasteiger charge is -2.35. The van der Waals surface area contributed by atoms with Crippen LogP contribution >= 0.6 is 0 Å². The topological polar surface area (TPSA) is 49.4 Å². The summed E-state index contributed by atoms with van der Waals surface area (Å²) in [5.74, 6) is 0.553. The van der Waals surface area contributed by atoms with E-state index in [-0.39, 0.29) is 17.2 Å². The Hall–Kier alpha value is -2.62. The molecule has 4 heteroatoms. The van der Waals surface area contributed by atoms with Gasteiger partial charge in [-0.2, -0.15) is 0 Å². The smallest absolute Gasteiger partial charge is 0.251 e. The molecular formula is C23H26N2O2.